The average molecular weight is 246 g/mol. The lowest BCUT2D eigenvalue weighted by Crippen LogP contribution is -1.82. The Bertz CT molecular complexity index is 823. The van der Waals surface area contributed by atoms with Gasteiger partial charge in [0, 0.05) is 10.9 Å². The molecule has 3 aromatic rings. The van der Waals surface area contributed by atoms with Crippen LogP contribution in [0.2, 0.25) is 0 Å². The molecule has 1 aliphatic heterocycles. The smallest absolute Gasteiger partial charge is 0.172 e. The topological polar surface area (TPSA) is 45.0 Å². The van der Waals surface area contributed by atoms with Gasteiger partial charge in [-0.25, -0.2) is 0 Å². The zero-order valence-corrected chi connectivity index (χ0v) is 10.0. The van der Waals surface area contributed by atoms with Crippen LogP contribution >= 0.6 is 0 Å². The summed E-state index contributed by atoms with van der Waals surface area (Å²) in [5.41, 5.74) is 3.13. The Kier molecular flexibility index (Phi) is 1.97. The van der Waals surface area contributed by atoms with Crippen LogP contribution in [0.5, 0.6) is 5.75 Å². The number of hydrogen-bond acceptors (Lipinski definition) is 3. The summed E-state index contributed by atoms with van der Waals surface area (Å²) in [6.45, 7) is 0. The summed E-state index contributed by atoms with van der Waals surface area (Å²) in [6.07, 6.45) is 0. The molecule has 0 saturated heterocycles. The molecule has 1 heterocycles. The average Bonchev–Trinajstić information content (AvgIpc) is 2.74. The highest BCUT2D eigenvalue weighted by molar-refractivity contribution is 6.11. The Hall–Kier alpha value is -2.68. The van der Waals surface area contributed by atoms with Crippen LogP contribution in [0.15, 0.2) is 64.8 Å². The Morgan fingerprint density at radius 1 is 0.684 bits per heavy atom. The maximum atomic E-state index is 10.2. The van der Waals surface area contributed by atoms with Crippen LogP contribution in [0.4, 0.5) is 11.4 Å². The SMILES string of the molecule is Oc1c2c(-c3ccccc3)c3ccccc3c1N=N2. The molecule has 0 amide bonds. The van der Waals surface area contributed by atoms with Crippen LogP contribution in [0.3, 0.4) is 0 Å². The molecule has 0 radical (unpaired) electrons. The largest absolute Gasteiger partial charge is 0.504 e. The van der Waals surface area contributed by atoms with Crippen LogP contribution in [0, 0.1) is 0 Å². The number of azo groups is 1. The Morgan fingerprint density at radius 2 is 1.32 bits per heavy atom. The van der Waals surface area contributed by atoms with Gasteiger partial charge < -0.3 is 5.11 Å². The first-order chi connectivity index (χ1) is 9.36. The third-order valence-electron chi connectivity index (χ3n) is 3.45. The second kappa shape index (κ2) is 3.65. The highest BCUT2D eigenvalue weighted by Crippen LogP contribution is 2.54. The van der Waals surface area contributed by atoms with Crippen molar-refractivity contribution in [3.8, 4) is 16.9 Å². The predicted octanol–water partition coefficient (Wildman–Crippen LogP) is 4.94. The van der Waals surface area contributed by atoms with E-state index in [4.69, 9.17) is 0 Å². The van der Waals surface area contributed by atoms with Crippen molar-refractivity contribution >= 4 is 22.1 Å². The number of phenols is 1. The van der Waals surface area contributed by atoms with Crippen LogP contribution < -0.4 is 0 Å². The molecule has 3 aromatic carbocycles. The van der Waals surface area contributed by atoms with Crippen molar-refractivity contribution in [2.24, 2.45) is 10.2 Å². The number of benzene rings is 3. The highest BCUT2D eigenvalue weighted by Gasteiger charge is 2.23. The van der Waals surface area contributed by atoms with Crippen LogP contribution in [-0.4, -0.2) is 5.11 Å². The second-order valence-corrected chi connectivity index (χ2v) is 4.53. The molecule has 1 aliphatic rings. The number of fused-ring (bicyclic) bond motifs is 4. The summed E-state index contributed by atoms with van der Waals surface area (Å²) in [4.78, 5) is 0. The highest BCUT2D eigenvalue weighted by atomic mass is 16.3. The number of rotatable bonds is 1. The van der Waals surface area contributed by atoms with Crippen molar-refractivity contribution in [3.63, 3.8) is 0 Å². The minimum Gasteiger partial charge on any atom is -0.504 e. The molecule has 4 rings (SSSR count). The quantitative estimate of drug-likeness (QED) is 0.508. The maximum Gasteiger partial charge on any atom is 0.172 e. The molecular weight excluding hydrogens is 236 g/mol. The summed E-state index contributed by atoms with van der Waals surface area (Å²) >= 11 is 0. The lowest BCUT2D eigenvalue weighted by molar-refractivity contribution is 0.482. The third kappa shape index (κ3) is 1.32. The number of phenolic OH excluding ortho intramolecular Hbond substituents is 1. The second-order valence-electron chi connectivity index (χ2n) is 4.53. The van der Waals surface area contributed by atoms with Crippen molar-refractivity contribution in [1.29, 1.82) is 0 Å². The summed E-state index contributed by atoms with van der Waals surface area (Å²) in [6, 6.07) is 17.9. The van der Waals surface area contributed by atoms with Gasteiger partial charge in [0.1, 0.15) is 11.4 Å². The van der Waals surface area contributed by atoms with Crippen LogP contribution in [-0.2, 0) is 0 Å². The van der Waals surface area contributed by atoms with Crippen molar-refractivity contribution < 1.29 is 5.11 Å². The summed E-state index contributed by atoms with van der Waals surface area (Å²) in [7, 11) is 0. The van der Waals surface area contributed by atoms with Crippen molar-refractivity contribution in [3.05, 3.63) is 54.6 Å². The molecule has 0 saturated carbocycles. The van der Waals surface area contributed by atoms with E-state index in [1.54, 1.807) is 0 Å². The van der Waals surface area contributed by atoms with Gasteiger partial charge in [-0.15, -0.1) is 10.2 Å². The molecule has 0 fully saturated rings. The number of aromatic hydroxyl groups is 1. The van der Waals surface area contributed by atoms with Crippen molar-refractivity contribution in [1.82, 2.24) is 0 Å². The molecule has 2 bridgehead atoms. The van der Waals surface area contributed by atoms with Gasteiger partial charge in [-0.3, -0.25) is 0 Å². The van der Waals surface area contributed by atoms with E-state index >= 15 is 0 Å². The summed E-state index contributed by atoms with van der Waals surface area (Å²) in [5.74, 6) is 0.178. The third-order valence-corrected chi connectivity index (χ3v) is 3.45. The van der Waals surface area contributed by atoms with Gasteiger partial charge in [-0.2, -0.15) is 0 Å². The Morgan fingerprint density at radius 3 is 2.11 bits per heavy atom. The first-order valence-corrected chi connectivity index (χ1v) is 6.11. The number of hydrogen-bond donors (Lipinski definition) is 1. The monoisotopic (exact) mass is 246 g/mol. The maximum absolute atomic E-state index is 10.2. The molecular formula is C16H10N2O. The molecule has 19 heavy (non-hydrogen) atoms. The van der Waals surface area contributed by atoms with Crippen molar-refractivity contribution in [2.45, 2.75) is 0 Å². The fraction of sp³-hybridized carbons (Fsp3) is 0. The van der Waals surface area contributed by atoms with Gasteiger partial charge in [0.15, 0.2) is 5.75 Å². The van der Waals surface area contributed by atoms with E-state index in [1.165, 1.54) is 0 Å². The zero-order chi connectivity index (χ0) is 12.8. The standard InChI is InChI=1S/C16H10N2O/c19-16-14-12-9-5-4-8-11(12)13(15(16)18-17-14)10-6-2-1-3-7-10/h1-9,19H. The van der Waals surface area contributed by atoms with Gasteiger partial charge >= 0.3 is 0 Å². The van der Waals surface area contributed by atoms with Gasteiger partial charge in [-0.05, 0) is 10.9 Å². The molecule has 3 heteroatoms. The van der Waals surface area contributed by atoms with Gasteiger partial charge in [0.2, 0.25) is 0 Å². The van der Waals surface area contributed by atoms with Crippen molar-refractivity contribution in [2.75, 3.05) is 0 Å². The molecule has 0 aromatic heterocycles. The lowest BCUT2D eigenvalue weighted by atomic mass is 9.95. The van der Waals surface area contributed by atoms with Crippen LogP contribution in [0.1, 0.15) is 0 Å². The molecule has 0 atom stereocenters. The first kappa shape index (κ1) is 10.3. The first-order valence-electron chi connectivity index (χ1n) is 6.11. The molecule has 3 nitrogen and oxygen atoms in total. The van der Waals surface area contributed by atoms with Gasteiger partial charge in [0.05, 0.1) is 0 Å². The van der Waals surface area contributed by atoms with E-state index < -0.39 is 0 Å². The zero-order valence-electron chi connectivity index (χ0n) is 10.0. The Balaban J connectivity index is 2.21. The van der Waals surface area contributed by atoms with Gasteiger partial charge in [0.25, 0.3) is 0 Å². The fourth-order valence-corrected chi connectivity index (χ4v) is 2.59. The van der Waals surface area contributed by atoms with Crippen LogP contribution in [0.25, 0.3) is 21.9 Å². The van der Waals surface area contributed by atoms with E-state index in [9.17, 15) is 5.11 Å². The normalized spacial score (nSPS) is 12.2. The summed E-state index contributed by atoms with van der Waals surface area (Å²) in [5, 5.41) is 20.5. The van der Waals surface area contributed by atoms with E-state index in [-0.39, 0.29) is 5.75 Å². The summed E-state index contributed by atoms with van der Waals surface area (Å²) < 4.78 is 0. The Labute approximate surface area is 109 Å². The molecule has 0 spiro atoms. The lowest BCUT2D eigenvalue weighted by Gasteiger charge is -2.09. The minimum atomic E-state index is 0.178. The minimum absolute atomic E-state index is 0.178. The molecule has 0 aliphatic carbocycles. The van der Waals surface area contributed by atoms with E-state index in [0.717, 1.165) is 21.9 Å². The van der Waals surface area contributed by atoms with E-state index in [0.29, 0.717) is 11.4 Å². The molecule has 0 unspecified atom stereocenters. The fourth-order valence-electron chi connectivity index (χ4n) is 2.59. The molecule has 1 N–H and O–H groups in total. The molecule has 90 valence electrons. The van der Waals surface area contributed by atoms with E-state index in [2.05, 4.69) is 10.2 Å². The van der Waals surface area contributed by atoms with Gasteiger partial charge in [-0.1, -0.05) is 54.6 Å². The predicted molar refractivity (Wildman–Crippen MR) is 75.2 cm³/mol. The number of nitrogens with zero attached hydrogens (tertiary/aromatic N) is 2. The van der Waals surface area contributed by atoms with E-state index in [1.807, 2.05) is 54.6 Å².